The van der Waals surface area contributed by atoms with Gasteiger partial charge >= 0.3 is 0 Å². The summed E-state index contributed by atoms with van der Waals surface area (Å²) in [6, 6.07) is 14.9. The van der Waals surface area contributed by atoms with Crippen LogP contribution in [0, 0.1) is 5.82 Å². The van der Waals surface area contributed by atoms with Crippen LogP contribution in [-0.2, 0) is 6.61 Å². The summed E-state index contributed by atoms with van der Waals surface area (Å²) in [5.41, 5.74) is 7.21. The number of aromatic amines is 1. The van der Waals surface area contributed by atoms with Crippen molar-refractivity contribution in [2.75, 3.05) is 12.3 Å². The molecule has 0 aliphatic carbocycles. The molecule has 168 valence electrons. The van der Waals surface area contributed by atoms with Crippen molar-refractivity contribution in [2.45, 2.75) is 20.0 Å². The Morgan fingerprint density at radius 2 is 2.00 bits per heavy atom. The van der Waals surface area contributed by atoms with Crippen LogP contribution in [0.1, 0.15) is 29.4 Å². The Morgan fingerprint density at radius 3 is 2.76 bits per heavy atom. The number of halogens is 1. The first kappa shape index (κ1) is 22.0. The van der Waals surface area contributed by atoms with E-state index in [1.165, 1.54) is 12.1 Å². The van der Waals surface area contributed by atoms with Gasteiger partial charge in [0.25, 0.3) is 11.5 Å². The molecule has 2 aromatic heterocycles. The maximum Gasteiger partial charge on any atom is 0.263 e. The van der Waals surface area contributed by atoms with E-state index in [1.54, 1.807) is 30.5 Å². The SMILES string of the molecule is CCCNC(=O)c1c(N)c2cccc(-c3cc(OCc4ccccn4)ccc3F)c2[nH]c1=O. The largest absolute Gasteiger partial charge is 0.487 e. The number of amides is 1. The van der Waals surface area contributed by atoms with E-state index in [1.807, 2.05) is 25.1 Å². The standard InChI is InChI=1S/C25H23FN4O3/c1-2-11-29-24(31)21-22(27)18-8-5-7-17(23(18)30-25(21)32)19-13-16(9-10-20(19)26)33-14-15-6-3-4-12-28-15/h3-10,12-13H,2,11,14H2,1H3,(H,29,31)(H3,27,30,32). The first-order valence-electron chi connectivity index (χ1n) is 10.5. The Balaban J connectivity index is 1.75. The Labute approximate surface area is 189 Å². The number of pyridine rings is 2. The smallest absolute Gasteiger partial charge is 0.263 e. The van der Waals surface area contributed by atoms with Crippen molar-refractivity contribution >= 4 is 22.5 Å². The average molecular weight is 446 g/mol. The molecule has 0 saturated heterocycles. The van der Waals surface area contributed by atoms with Crippen molar-refractivity contribution in [3.63, 3.8) is 0 Å². The van der Waals surface area contributed by atoms with Crippen LogP contribution in [0.3, 0.4) is 0 Å². The van der Waals surface area contributed by atoms with Gasteiger partial charge in [0.05, 0.1) is 16.9 Å². The molecule has 7 nitrogen and oxygen atoms in total. The molecule has 2 heterocycles. The normalized spacial score (nSPS) is 10.8. The molecule has 2 aromatic carbocycles. The lowest BCUT2D eigenvalue weighted by molar-refractivity contribution is 0.0953. The number of nitrogens with one attached hydrogen (secondary N) is 2. The van der Waals surface area contributed by atoms with Crippen LogP contribution in [0.2, 0.25) is 0 Å². The minimum atomic E-state index is -0.635. The van der Waals surface area contributed by atoms with Crippen LogP contribution in [0.25, 0.3) is 22.0 Å². The lowest BCUT2D eigenvalue weighted by Crippen LogP contribution is -2.31. The zero-order chi connectivity index (χ0) is 23.4. The van der Waals surface area contributed by atoms with Crippen molar-refractivity contribution in [1.82, 2.24) is 15.3 Å². The minimum Gasteiger partial charge on any atom is -0.487 e. The number of hydrogen-bond acceptors (Lipinski definition) is 5. The highest BCUT2D eigenvalue weighted by atomic mass is 19.1. The molecule has 0 fully saturated rings. The number of benzene rings is 2. The van der Waals surface area contributed by atoms with Crippen LogP contribution in [0.15, 0.2) is 65.6 Å². The second-order valence-corrected chi connectivity index (χ2v) is 7.48. The number of ether oxygens (including phenoxy) is 1. The number of carbonyl (C=O) groups is 1. The van der Waals surface area contributed by atoms with E-state index in [9.17, 15) is 14.0 Å². The van der Waals surface area contributed by atoms with Crippen molar-refractivity contribution < 1.29 is 13.9 Å². The van der Waals surface area contributed by atoms with Gasteiger partial charge in [-0.1, -0.05) is 31.2 Å². The molecule has 0 spiro atoms. The van der Waals surface area contributed by atoms with E-state index < -0.39 is 17.3 Å². The van der Waals surface area contributed by atoms with Crippen molar-refractivity contribution in [3.8, 4) is 16.9 Å². The summed E-state index contributed by atoms with van der Waals surface area (Å²) >= 11 is 0. The number of nitrogens with zero attached hydrogens (tertiary/aromatic N) is 1. The Hall–Kier alpha value is -4.20. The molecule has 0 aliphatic rings. The fourth-order valence-electron chi connectivity index (χ4n) is 3.56. The first-order valence-corrected chi connectivity index (χ1v) is 10.5. The van der Waals surface area contributed by atoms with Gasteiger partial charge in [0.15, 0.2) is 0 Å². The second kappa shape index (κ2) is 9.52. The van der Waals surface area contributed by atoms with Gasteiger partial charge in [-0.25, -0.2) is 4.39 Å². The van der Waals surface area contributed by atoms with Crippen molar-refractivity contribution in [3.05, 3.63) is 88.2 Å². The molecule has 0 bridgehead atoms. The number of nitrogen functional groups attached to an aromatic ring is 1. The molecule has 4 rings (SSSR count). The predicted molar refractivity (Wildman–Crippen MR) is 126 cm³/mol. The summed E-state index contributed by atoms with van der Waals surface area (Å²) in [7, 11) is 0. The highest BCUT2D eigenvalue weighted by Crippen LogP contribution is 2.34. The molecule has 0 aliphatic heterocycles. The van der Waals surface area contributed by atoms with Gasteiger partial charge in [0.2, 0.25) is 0 Å². The minimum absolute atomic E-state index is 0.0483. The van der Waals surface area contributed by atoms with Crippen LogP contribution >= 0.6 is 0 Å². The van der Waals surface area contributed by atoms with Gasteiger partial charge in [0, 0.05) is 29.3 Å². The summed E-state index contributed by atoms with van der Waals surface area (Å²) in [6.07, 6.45) is 2.39. The topological polar surface area (TPSA) is 110 Å². The van der Waals surface area contributed by atoms with E-state index in [0.717, 1.165) is 12.1 Å². The molecular weight excluding hydrogens is 423 g/mol. The van der Waals surface area contributed by atoms with Crippen LogP contribution in [-0.4, -0.2) is 22.4 Å². The molecule has 4 N–H and O–H groups in total. The quantitative estimate of drug-likeness (QED) is 0.397. The van der Waals surface area contributed by atoms with E-state index in [4.69, 9.17) is 10.5 Å². The highest BCUT2D eigenvalue weighted by molar-refractivity contribution is 6.08. The highest BCUT2D eigenvalue weighted by Gasteiger charge is 2.20. The number of para-hydroxylation sites is 1. The molecule has 4 aromatic rings. The van der Waals surface area contributed by atoms with Crippen LogP contribution in [0.5, 0.6) is 5.75 Å². The summed E-state index contributed by atoms with van der Waals surface area (Å²) in [5, 5.41) is 3.12. The zero-order valence-corrected chi connectivity index (χ0v) is 18.0. The van der Waals surface area contributed by atoms with Gasteiger partial charge in [-0.05, 0) is 36.8 Å². The maximum atomic E-state index is 14.8. The number of anilines is 1. The number of aromatic nitrogens is 2. The third kappa shape index (κ3) is 4.55. The van der Waals surface area contributed by atoms with Crippen LogP contribution in [0.4, 0.5) is 10.1 Å². The molecule has 0 atom stereocenters. The molecule has 8 heteroatoms. The van der Waals surface area contributed by atoms with E-state index in [-0.39, 0.29) is 23.4 Å². The molecular formula is C25H23FN4O3. The summed E-state index contributed by atoms with van der Waals surface area (Å²) < 4.78 is 20.6. The summed E-state index contributed by atoms with van der Waals surface area (Å²) in [4.78, 5) is 32.1. The molecule has 0 saturated carbocycles. The maximum absolute atomic E-state index is 14.8. The number of carbonyl (C=O) groups excluding carboxylic acids is 1. The average Bonchev–Trinajstić information content (AvgIpc) is 2.82. The molecule has 33 heavy (non-hydrogen) atoms. The van der Waals surface area contributed by atoms with E-state index in [2.05, 4.69) is 15.3 Å². The molecule has 1 amide bonds. The van der Waals surface area contributed by atoms with Gasteiger partial charge < -0.3 is 20.8 Å². The number of hydrogen-bond donors (Lipinski definition) is 3. The monoisotopic (exact) mass is 446 g/mol. The van der Waals surface area contributed by atoms with E-state index >= 15 is 0 Å². The molecule has 0 unspecified atom stereocenters. The zero-order valence-electron chi connectivity index (χ0n) is 18.0. The van der Waals surface area contributed by atoms with Gasteiger partial charge in [0.1, 0.15) is 23.7 Å². The molecule has 0 radical (unpaired) electrons. The summed E-state index contributed by atoms with van der Waals surface area (Å²) in [5.74, 6) is -0.587. The Morgan fingerprint density at radius 1 is 1.15 bits per heavy atom. The third-order valence-electron chi connectivity index (χ3n) is 5.19. The van der Waals surface area contributed by atoms with Gasteiger partial charge in [-0.15, -0.1) is 0 Å². The van der Waals surface area contributed by atoms with Crippen LogP contribution < -0.4 is 21.3 Å². The Bertz CT molecular complexity index is 1370. The summed E-state index contributed by atoms with van der Waals surface area (Å²) in [6.45, 7) is 2.55. The number of nitrogens with two attached hydrogens (primary N) is 1. The van der Waals surface area contributed by atoms with Gasteiger partial charge in [-0.2, -0.15) is 0 Å². The lowest BCUT2D eigenvalue weighted by Gasteiger charge is -2.13. The fraction of sp³-hybridized carbons (Fsp3) is 0.160. The second-order valence-electron chi connectivity index (χ2n) is 7.48. The van der Waals surface area contributed by atoms with Crippen molar-refractivity contribution in [2.24, 2.45) is 0 Å². The number of fused-ring (bicyclic) bond motifs is 1. The number of H-pyrrole nitrogens is 1. The first-order chi connectivity index (χ1) is 16.0. The third-order valence-corrected chi connectivity index (χ3v) is 5.19. The van der Waals surface area contributed by atoms with Crippen molar-refractivity contribution in [1.29, 1.82) is 0 Å². The fourth-order valence-corrected chi connectivity index (χ4v) is 3.56. The predicted octanol–water partition coefficient (Wildman–Crippen LogP) is 4.03. The van der Waals surface area contributed by atoms with Gasteiger partial charge in [-0.3, -0.25) is 14.6 Å². The van der Waals surface area contributed by atoms with E-state index in [0.29, 0.717) is 28.8 Å². The number of rotatable bonds is 7. The Kier molecular flexibility index (Phi) is 6.35. The lowest BCUT2D eigenvalue weighted by atomic mass is 9.99.